The van der Waals surface area contributed by atoms with E-state index in [1.165, 1.54) is 16.8 Å². The van der Waals surface area contributed by atoms with E-state index in [1.807, 2.05) is 30.8 Å². The Labute approximate surface area is 143 Å². The Kier molecular flexibility index (Phi) is 3.96. The molecule has 0 saturated heterocycles. The van der Waals surface area contributed by atoms with Crippen LogP contribution in [0.4, 0.5) is 4.39 Å². The summed E-state index contributed by atoms with van der Waals surface area (Å²) in [4.78, 5) is 0. The van der Waals surface area contributed by atoms with Gasteiger partial charge in [0.1, 0.15) is 17.1 Å². The number of hydrogen-bond acceptors (Lipinski definition) is 4. The van der Waals surface area contributed by atoms with Crippen molar-refractivity contribution in [2.45, 2.75) is 13.8 Å². The molecule has 0 aliphatic rings. The van der Waals surface area contributed by atoms with Crippen LogP contribution in [0.2, 0.25) is 0 Å². The predicted molar refractivity (Wildman–Crippen MR) is 91.6 cm³/mol. The van der Waals surface area contributed by atoms with Gasteiger partial charge in [0.2, 0.25) is 0 Å². The molecule has 0 radical (unpaired) electrons. The maximum Gasteiger partial charge on any atom is 0.174 e. The fourth-order valence-corrected chi connectivity index (χ4v) is 2.95. The Balaban J connectivity index is 2.41. The van der Waals surface area contributed by atoms with Gasteiger partial charge in [0.25, 0.3) is 0 Å². The van der Waals surface area contributed by atoms with E-state index in [0.29, 0.717) is 17.0 Å². The third-order valence-electron chi connectivity index (χ3n) is 4.08. The molecule has 0 spiro atoms. The van der Waals surface area contributed by atoms with Crippen LogP contribution in [0, 0.1) is 19.7 Å². The quantitative estimate of drug-likeness (QED) is 0.294. The second-order valence-corrected chi connectivity index (χ2v) is 5.80. The van der Waals surface area contributed by atoms with Gasteiger partial charge in [-0.1, -0.05) is 5.16 Å². The highest BCUT2D eigenvalue weighted by Gasteiger charge is 2.25. The fourth-order valence-electron chi connectivity index (χ4n) is 2.95. The molecule has 25 heavy (non-hydrogen) atoms. The largest absolute Gasteiger partial charge is 0.508 e. The molecule has 0 aliphatic carbocycles. The van der Waals surface area contributed by atoms with Gasteiger partial charge in [-0.25, -0.2) is 9.07 Å². The van der Waals surface area contributed by atoms with Crippen molar-refractivity contribution < 1.29 is 14.7 Å². The Morgan fingerprint density at radius 1 is 1.24 bits per heavy atom. The molecule has 1 aromatic carbocycles. The van der Waals surface area contributed by atoms with E-state index in [2.05, 4.69) is 10.3 Å². The zero-order chi connectivity index (χ0) is 18.3. The van der Waals surface area contributed by atoms with Crippen LogP contribution in [0.15, 0.2) is 35.6 Å². The molecule has 0 amide bonds. The van der Waals surface area contributed by atoms with Crippen LogP contribution < -0.4 is 5.73 Å². The Bertz CT molecular complexity index is 968. The molecule has 3 rings (SSSR count). The number of hydrogen-bond donors (Lipinski definition) is 3. The first-order valence-corrected chi connectivity index (χ1v) is 7.53. The Morgan fingerprint density at radius 3 is 2.52 bits per heavy atom. The van der Waals surface area contributed by atoms with Gasteiger partial charge in [-0.3, -0.25) is 0 Å². The van der Waals surface area contributed by atoms with Crippen LogP contribution in [0.3, 0.4) is 0 Å². The van der Waals surface area contributed by atoms with Gasteiger partial charge in [0.15, 0.2) is 11.7 Å². The van der Waals surface area contributed by atoms with Gasteiger partial charge in [-0.15, -0.1) is 0 Å². The molecule has 0 unspecified atom stereocenters. The number of phenolic OH excluding ortho intramolecular Hbond substituents is 1. The normalized spacial score (nSPS) is 11.9. The monoisotopic (exact) mass is 343 g/mol. The number of nitrogens with two attached hydrogens (primary N) is 1. The van der Waals surface area contributed by atoms with Crippen molar-refractivity contribution in [3.05, 3.63) is 53.1 Å². The molecule has 3 aromatic rings. The number of benzene rings is 1. The zero-order valence-corrected chi connectivity index (χ0v) is 14.0. The Hall–Kier alpha value is -3.29. The van der Waals surface area contributed by atoms with E-state index >= 15 is 0 Å². The lowest BCUT2D eigenvalue weighted by Crippen LogP contribution is -2.16. The first-order valence-electron chi connectivity index (χ1n) is 7.53. The van der Waals surface area contributed by atoms with Crippen LogP contribution in [0.5, 0.6) is 5.75 Å². The smallest absolute Gasteiger partial charge is 0.174 e. The molecule has 0 saturated carbocycles. The fraction of sp³-hybridized carbons (Fsp3) is 0.176. The summed E-state index contributed by atoms with van der Waals surface area (Å²) in [7, 11) is 1.85. The van der Waals surface area contributed by atoms with Crippen LogP contribution in [0.25, 0.3) is 17.1 Å². The van der Waals surface area contributed by atoms with Crippen molar-refractivity contribution in [2.24, 2.45) is 17.9 Å². The number of oxime groups is 1. The van der Waals surface area contributed by atoms with Crippen molar-refractivity contribution in [3.63, 3.8) is 0 Å². The first-order chi connectivity index (χ1) is 11.8. The van der Waals surface area contributed by atoms with Crippen LogP contribution in [0.1, 0.15) is 16.8 Å². The number of aromatic hydroxyl groups is 1. The molecule has 130 valence electrons. The Morgan fingerprint density at radius 2 is 1.96 bits per heavy atom. The van der Waals surface area contributed by atoms with Crippen molar-refractivity contribution in [1.82, 2.24) is 14.3 Å². The number of nitrogens with zero attached hydrogens (tertiary/aromatic N) is 4. The third-order valence-corrected chi connectivity index (χ3v) is 4.08. The lowest BCUT2D eigenvalue weighted by atomic mass is 10.1. The SMILES string of the molecule is Cc1ccn(C)c1-c1c(/C(N)=N/O)c(C)nn1-c1ccc(O)cc1F. The van der Waals surface area contributed by atoms with Gasteiger partial charge in [-0.2, -0.15) is 5.10 Å². The first kappa shape index (κ1) is 16.6. The zero-order valence-electron chi connectivity index (χ0n) is 14.0. The molecular formula is C17H18FN5O2. The highest BCUT2D eigenvalue weighted by molar-refractivity contribution is 6.03. The lowest BCUT2D eigenvalue weighted by molar-refractivity contribution is 0.318. The van der Waals surface area contributed by atoms with E-state index in [9.17, 15) is 9.50 Å². The summed E-state index contributed by atoms with van der Waals surface area (Å²) < 4.78 is 17.7. The average Bonchev–Trinajstić information content (AvgIpc) is 3.06. The van der Waals surface area contributed by atoms with Crippen molar-refractivity contribution >= 4 is 5.84 Å². The highest BCUT2D eigenvalue weighted by atomic mass is 19.1. The number of aryl methyl sites for hydroxylation is 3. The summed E-state index contributed by atoms with van der Waals surface area (Å²) in [5.74, 6) is -0.932. The van der Waals surface area contributed by atoms with Crippen LogP contribution >= 0.6 is 0 Å². The molecule has 0 bridgehead atoms. The summed E-state index contributed by atoms with van der Waals surface area (Å²) in [6.45, 7) is 3.61. The molecule has 0 fully saturated rings. The topological polar surface area (TPSA) is 102 Å². The second-order valence-electron chi connectivity index (χ2n) is 5.80. The minimum Gasteiger partial charge on any atom is -0.508 e. The van der Waals surface area contributed by atoms with E-state index < -0.39 is 5.82 Å². The summed E-state index contributed by atoms with van der Waals surface area (Å²) in [6, 6.07) is 5.72. The molecule has 2 aromatic heterocycles. The third kappa shape index (κ3) is 2.61. The molecule has 4 N–H and O–H groups in total. The van der Waals surface area contributed by atoms with E-state index in [4.69, 9.17) is 10.9 Å². The molecule has 0 atom stereocenters. The van der Waals surface area contributed by atoms with Gasteiger partial charge in [0, 0.05) is 19.3 Å². The molecule has 8 heteroatoms. The lowest BCUT2D eigenvalue weighted by Gasteiger charge is -2.13. The number of aromatic nitrogens is 3. The number of halogens is 1. The number of rotatable bonds is 3. The maximum atomic E-state index is 14.4. The van der Waals surface area contributed by atoms with Crippen molar-refractivity contribution in [3.8, 4) is 22.8 Å². The van der Waals surface area contributed by atoms with E-state index in [0.717, 1.165) is 17.3 Å². The summed E-state index contributed by atoms with van der Waals surface area (Å²) in [5, 5.41) is 26.1. The van der Waals surface area contributed by atoms with Crippen LogP contribution in [-0.2, 0) is 7.05 Å². The standard InChI is InChI=1S/C17H18FN5O2/c1-9-6-7-22(3)15(9)16-14(17(19)21-25)10(2)20-23(16)13-5-4-11(24)8-12(13)18/h4-8,24-25H,1-3H3,(H2,19,21). The minimum atomic E-state index is -0.637. The van der Waals surface area contributed by atoms with E-state index in [-0.39, 0.29) is 17.3 Å². The van der Waals surface area contributed by atoms with Crippen LogP contribution in [-0.4, -0.2) is 30.5 Å². The molecular weight excluding hydrogens is 325 g/mol. The number of amidine groups is 1. The summed E-state index contributed by atoms with van der Waals surface area (Å²) in [5.41, 5.74) is 9.09. The van der Waals surface area contributed by atoms with Crippen molar-refractivity contribution in [1.29, 1.82) is 0 Å². The maximum absolute atomic E-state index is 14.4. The van der Waals surface area contributed by atoms with E-state index in [1.54, 1.807) is 6.92 Å². The van der Waals surface area contributed by atoms with Gasteiger partial charge < -0.3 is 20.6 Å². The molecule has 2 heterocycles. The second kappa shape index (κ2) is 5.97. The number of phenols is 1. The summed E-state index contributed by atoms with van der Waals surface area (Å²) in [6.07, 6.45) is 1.86. The average molecular weight is 343 g/mol. The highest BCUT2D eigenvalue weighted by Crippen LogP contribution is 2.32. The molecule has 7 nitrogen and oxygen atoms in total. The van der Waals surface area contributed by atoms with Gasteiger partial charge >= 0.3 is 0 Å². The predicted octanol–water partition coefficient (Wildman–Crippen LogP) is 2.43. The van der Waals surface area contributed by atoms with Gasteiger partial charge in [0.05, 0.1) is 17.0 Å². The van der Waals surface area contributed by atoms with Gasteiger partial charge in [-0.05, 0) is 37.6 Å². The molecule has 0 aliphatic heterocycles. The van der Waals surface area contributed by atoms with Crippen molar-refractivity contribution in [2.75, 3.05) is 0 Å². The summed E-state index contributed by atoms with van der Waals surface area (Å²) >= 11 is 0. The minimum absolute atomic E-state index is 0.112.